The fourth-order valence-corrected chi connectivity index (χ4v) is 3.58. The highest BCUT2D eigenvalue weighted by Crippen LogP contribution is 2.38. The number of aryl methyl sites for hydroxylation is 1. The number of hydrogen-bond donors (Lipinski definition) is 0. The van der Waals surface area contributed by atoms with E-state index in [1.54, 1.807) is 5.57 Å². The van der Waals surface area contributed by atoms with Crippen LogP contribution in [0, 0.1) is 12.8 Å². The molecule has 0 heterocycles. The average Bonchev–Trinajstić information content (AvgIpc) is 2.54. The molecule has 3 rings (SSSR count). The highest BCUT2D eigenvalue weighted by atomic mass is 14.2. The molecule has 0 bridgehead atoms. The van der Waals surface area contributed by atoms with Crippen molar-refractivity contribution in [1.82, 2.24) is 0 Å². The summed E-state index contributed by atoms with van der Waals surface area (Å²) in [7, 11) is 0. The Hall–Kier alpha value is -1.82. The molecule has 120 valence electrons. The van der Waals surface area contributed by atoms with Gasteiger partial charge >= 0.3 is 0 Å². The van der Waals surface area contributed by atoms with E-state index in [2.05, 4.69) is 63.8 Å². The Morgan fingerprint density at radius 3 is 2.65 bits per heavy atom. The van der Waals surface area contributed by atoms with E-state index in [0.717, 1.165) is 18.8 Å². The van der Waals surface area contributed by atoms with Crippen LogP contribution in [0.2, 0.25) is 0 Å². The second-order valence-corrected chi connectivity index (χ2v) is 7.41. The number of hydrogen-bond acceptors (Lipinski definition) is 0. The zero-order valence-corrected chi connectivity index (χ0v) is 14.8. The molecule has 2 aliphatic rings. The smallest absolute Gasteiger partial charge is 0.00819 e. The average molecular weight is 304 g/mol. The lowest BCUT2D eigenvalue weighted by Gasteiger charge is -2.24. The molecule has 0 fully saturated rings. The number of allylic oxidation sites excluding steroid dienone is 7. The Kier molecular flexibility index (Phi) is 4.71. The number of rotatable bonds is 4. The van der Waals surface area contributed by atoms with E-state index in [4.69, 9.17) is 0 Å². The third-order valence-corrected chi connectivity index (χ3v) is 5.06. The third-order valence-electron chi connectivity index (χ3n) is 5.06. The maximum Gasteiger partial charge on any atom is -0.00819 e. The van der Waals surface area contributed by atoms with Gasteiger partial charge in [-0.1, -0.05) is 68.0 Å². The van der Waals surface area contributed by atoms with Crippen molar-refractivity contribution in [2.24, 2.45) is 5.92 Å². The molecule has 0 aromatic heterocycles. The van der Waals surface area contributed by atoms with Gasteiger partial charge in [-0.2, -0.15) is 0 Å². The van der Waals surface area contributed by atoms with Crippen LogP contribution in [0.1, 0.15) is 56.2 Å². The van der Waals surface area contributed by atoms with Crippen molar-refractivity contribution in [3.63, 3.8) is 0 Å². The second-order valence-electron chi connectivity index (χ2n) is 7.41. The van der Waals surface area contributed by atoms with Crippen LogP contribution in [0.25, 0.3) is 5.57 Å². The van der Waals surface area contributed by atoms with Crippen LogP contribution < -0.4 is 0 Å². The van der Waals surface area contributed by atoms with Gasteiger partial charge in [-0.05, 0) is 72.8 Å². The zero-order valence-electron chi connectivity index (χ0n) is 14.8. The van der Waals surface area contributed by atoms with E-state index >= 15 is 0 Å². The largest absolute Gasteiger partial charge is 0.0905 e. The van der Waals surface area contributed by atoms with Crippen LogP contribution in [0.15, 0.2) is 59.7 Å². The number of fused-ring (bicyclic) bond motifs is 1. The minimum absolute atomic E-state index is 0.794. The van der Waals surface area contributed by atoms with Crippen LogP contribution >= 0.6 is 0 Å². The van der Waals surface area contributed by atoms with Crippen molar-refractivity contribution < 1.29 is 0 Å². The monoisotopic (exact) mass is 304 g/mol. The molecule has 0 atom stereocenters. The van der Waals surface area contributed by atoms with Gasteiger partial charge in [0.25, 0.3) is 0 Å². The third kappa shape index (κ3) is 3.58. The van der Waals surface area contributed by atoms with Crippen molar-refractivity contribution in [2.75, 3.05) is 0 Å². The Morgan fingerprint density at radius 2 is 1.96 bits per heavy atom. The summed E-state index contributed by atoms with van der Waals surface area (Å²) < 4.78 is 0. The molecule has 0 aliphatic heterocycles. The summed E-state index contributed by atoms with van der Waals surface area (Å²) in [4.78, 5) is 0. The van der Waals surface area contributed by atoms with Gasteiger partial charge < -0.3 is 0 Å². The van der Waals surface area contributed by atoms with Crippen LogP contribution in [-0.2, 0) is 6.42 Å². The minimum atomic E-state index is 0.794. The Balaban J connectivity index is 1.77. The summed E-state index contributed by atoms with van der Waals surface area (Å²) in [5.41, 5.74) is 9.75. The summed E-state index contributed by atoms with van der Waals surface area (Å²) in [5.74, 6) is 0.794. The summed E-state index contributed by atoms with van der Waals surface area (Å²) in [5, 5.41) is 0. The molecule has 1 aromatic carbocycles. The van der Waals surface area contributed by atoms with Gasteiger partial charge in [0.2, 0.25) is 0 Å². The summed E-state index contributed by atoms with van der Waals surface area (Å²) in [6, 6.07) is 6.74. The maximum absolute atomic E-state index is 4.39. The first-order chi connectivity index (χ1) is 11.0. The second kappa shape index (κ2) is 6.74. The molecule has 1 aromatic rings. The van der Waals surface area contributed by atoms with Crippen molar-refractivity contribution >= 4 is 5.57 Å². The van der Waals surface area contributed by atoms with E-state index < -0.39 is 0 Å². The molecule has 0 unspecified atom stereocenters. The molecule has 0 amide bonds. The molecule has 0 saturated heterocycles. The quantitative estimate of drug-likeness (QED) is 0.590. The van der Waals surface area contributed by atoms with Crippen molar-refractivity contribution in [3.8, 4) is 0 Å². The highest BCUT2D eigenvalue weighted by molar-refractivity contribution is 5.85. The normalized spacial score (nSPS) is 17.6. The molecular weight excluding hydrogens is 276 g/mol. The van der Waals surface area contributed by atoms with Crippen LogP contribution in [0.4, 0.5) is 0 Å². The van der Waals surface area contributed by atoms with Gasteiger partial charge in [-0.15, -0.1) is 0 Å². The molecule has 0 radical (unpaired) electrons. The molecular formula is C23H28. The zero-order chi connectivity index (χ0) is 16.4. The van der Waals surface area contributed by atoms with Crippen LogP contribution in [0.3, 0.4) is 0 Å². The first-order valence-electron chi connectivity index (χ1n) is 8.93. The fourth-order valence-electron chi connectivity index (χ4n) is 3.58. The van der Waals surface area contributed by atoms with E-state index in [0.29, 0.717) is 0 Å². The van der Waals surface area contributed by atoms with E-state index in [-0.39, 0.29) is 0 Å². The lowest BCUT2D eigenvalue weighted by molar-refractivity contribution is 0.576. The maximum atomic E-state index is 4.39. The van der Waals surface area contributed by atoms with Crippen LogP contribution in [-0.4, -0.2) is 0 Å². The molecule has 0 N–H and O–H groups in total. The minimum Gasteiger partial charge on any atom is -0.0905 e. The van der Waals surface area contributed by atoms with Crippen molar-refractivity contribution in [1.29, 1.82) is 0 Å². The van der Waals surface area contributed by atoms with Gasteiger partial charge in [0, 0.05) is 0 Å². The summed E-state index contributed by atoms with van der Waals surface area (Å²) in [6.07, 6.45) is 13.0. The van der Waals surface area contributed by atoms with E-state index in [1.807, 2.05) is 0 Å². The Labute approximate surface area is 141 Å². The van der Waals surface area contributed by atoms with Gasteiger partial charge in [-0.3, -0.25) is 0 Å². The lowest BCUT2D eigenvalue weighted by atomic mass is 9.80. The topological polar surface area (TPSA) is 0 Å². The highest BCUT2D eigenvalue weighted by Gasteiger charge is 2.19. The van der Waals surface area contributed by atoms with Crippen molar-refractivity contribution in [3.05, 3.63) is 76.4 Å². The lowest BCUT2D eigenvalue weighted by Crippen LogP contribution is -2.06. The van der Waals surface area contributed by atoms with Gasteiger partial charge in [0.15, 0.2) is 0 Å². The first-order valence-corrected chi connectivity index (χ1v) is 8.93. The van der Waals surface area contributed by atoms with Crippen molar-refractivity contribution in [2.45, 2.75) is 52.9 Å². The van der Waals surface area contributed by atoms with Crippen LogP contribution in [0.5, 0.6) is 0 Å². The molecule has 0 saturated carbocycles. The Morgan fingerprint density at radius 1 is 1.13 bits per heavy atom. The predicted octanol–water partition coefficient (Wildman–Crippen LogP) is 6.57. The standard InChI is InChI=1S/C23H28/c1-16(2)5-7-19-8-10-20(11-9-19)22-14-12-21-15-17(3)6-13-23(21)18(22)4/h6,8,10,13-16H,4-5,7,9,11-12H2,1-3H3. The van der Waals surface area contributed by atoms with Gasteiger partial charge in [-0.25, -0.2) is 0 Å². The fraction of sp³-hybridized carbons (Fsp3) is 0.391. The SMILES string of the molecule is C=C1C(C2=CC=C(CCC(C)C)CC2)=CCc2cc(C)ccc21. The predicted molar refractivity (Wildman–Crippen MR) is 101 cm³/mol. The summed E-state index contributed by atoms with van der Waals surface area (Å²) in [6.45, 7) is 11.2. The molecule has 0 nitrogen and oxygen atoms in total. The van der Waals surface area contributed by atoms with E-state index in [1.165, 1.54) is 52.7 Å². The molecule has 23 heavy (non-hydrogen) atoms. The molecule has 0 heteroatoms. The summed E-state index contributed by atoms with van der Waals surface area (Å²) >= 11 is 0. The number of benzene rings is 1. The molecule has 2 aliphatic carbocycles. The van der Waals surface area contributed by atoms with Gasteiger partial charge in [0.05, 0.1) is 0 Å². The van der Waals surface area contributed by atoms with Gasteiger partial charge in [0.1, 0.15) is 0 Å². The van der Waals surface area contributed by atoms with E-state index in [9.17, 15) is 0 Å². The first kappa shape index (κ1) is 16.1. The Bertz CT molecular complexity index is 708. The molecule has 0 spiro atoms.